The Morgan fingerprint density at radius 1 is 1.29 bits per heavy atom. The average Bonchev–Trinajstić information content (AvgIpc) is 2.28. The van der Waals surface area contributed by atoms with Crippen LogP contribution >= 0.6 is 15.9 Å². The van der Waals surface area contributed by atoms with E-state index in [4.69, 9.17) is 0 Å². The molecule has 3 heteroatoms. The van der Waals surface area contributed by atoms with Crippen molar-refractivity contribution in [3.05, 3.63) is 34.1 Å². The fourth-order valence-corrected chi connectivity index (χ4v) is 3.06. The topological polar surface area (TPSA) is 3.24 Å². The number of rotatable bonds is 2. The van der Waals surface area contributed by atoms with Gasteiger partial charge in [-0.3, -0.25) is 4.90 Å². The van der Waals surface area contributed by atoms with Crippen molar-refractivity contribution in [1.82, 2.24) is 4.90 Å². The minimum Gasteiger partial charge on any atom is -0.294 e. The van der Waals surface area contributed by atoms with Gasteiger partial charge in [0, 0.05) is 18.6 Å². The molecule has 1 nitrogen and oxygen atoms in total. The minimum absolute atomic E-state index is 0.187. The Bertz CT molecular complexity index is 384. The monoisotopic (exact) mass is 299 g/mol. The molecule has 1 aromatic rings. The van der Waals surface area contributed by atoms with Gasteiger partial charge in [-0.05, 0) is 60.3 Å². The van der Waals surface area contributed by atoms with E-state index in [1.54, 1.807) is 6.07 Å². The Morgan fingerprint density at radius 2 is 1.94 bits per heavy atom. The molecule has 0 amide bonds. The Balaban J connectivity index is 2.10. The van der Waals surface area contributed by atoms with Gasteiger partial charge in [0.25, 0.3) is 0 Å². The normalized spacial score (nSPS) is 26.1. The van der Waals surface area contributed by atoms with Crippen LogP contribution in [0.2, 0.25) is 0 Å². The first-order chi connectivity index (χ1) is 8.08. The highest BCUT2D eigenvalue weighted by molar-refractivity contribution is 9.10. The van der Waals surface area contributed by atoms with Gasteiger partial charge < -0.3 is 0 Å². The van der Waals surface area contributed by atoms with Crippen LogP contribution in [0.5, 0.6) is 0 Å². The fourth-order valence-electron chi connectivity index (χ4n) is 2.64. The van der Waals surface area contributed by atoms with Gasteiger partial charge in [-0.25, -0.2) is 4.39 Å². The van der Waals surface area contributed by atoms with Crippen LogP contribution in [0.3, 0.4) is 0 Å². The third kappa shape index (κ3) is 3.08. The van der Waals surface area contributed by atoms with Gasteiger partial charge in [0.15, 0.2) is 0 Å². The summed E-state index contributed by atoms with van der Waals surface area (Å²) in [7, 11) is 0. The van der Waals surface area contributed by atoms with Crippen molar-refractivity contribution in [2.24, 2.45) is 0 Å². The number of hydrogen-bond donors (Lipinski definition) is 0. The lowest BCUT2D eigenvalue weighted by Crippen LogP contribution is -2.42. The highest BCUT2D eigenvalue weighted by atomic mass is 79.9. The zero-order chi connectivity index (χ0) is 12.4. The van der Waals surface area contributed by atoms with Gasteiger partial charge >= 0.3 is 0 Å². The van der Waals surface area contributed by atoms with Crippen molar-refractivity contribution < 1.29 is 4.39 Å². The van der Waals surface area contributed by atoms with Gasteiger partial charge in [0.2, 0.25) is 0 Å². The average molecular weight is 300 g/mol. The summed E-state index contributed by atoms with van der Waals surface area (Å²) in [6.45, 7) is 5.49. The molecule has 2 rings (SSSR count). The smallest absolute Gasteiger partial charge is 0.137 e. The maximum Gasteiger partial charge on any atom is 0.137 e. The van der Waals surface area contributed by atoms with Crippen LogP contribution in [0.25, 0.3) is 0 Å². The molecule has 0 aromatic heterocycles. The standard InChI is InChI=1S/C14H19BrFN/c1-10-4-3-5-11(2)17(10)9-12-6-7-14(16)13(15)8-12/h6-8,10-11H,3-5,9H2,1-2H3/t10-,11+. The van der Waals surface area contributed by atoms with Crippen molar-refractivity contribution >= 4 is 15.9 Å². The summed E-state index contributed by atoms with van der Waals surface area (Å²) >= 11 is 3.25. The summed E-state index contributed by atoms with van der Waals surface area (Å²) in [6.07, 6.45) is 3.87. The van der Waals surface area contributed by atoms with Crippen molar-refractivity contribution in [2.75, 3.05) is 0 Å². The van der Waals surface area contributed by atoms with E-state index in [0.717, 1.165) is 6.54 Å². The first-order valence-electron chi connectivity index (χ1n) is 6.27. The maximum atomic E-state index is 13.2. The van der Waals surface area contributed by atoms with Gasteiger partial charge in [-0.2, -0.15) is 0 Å². The first kappa shape index (κ1) is 13.0. The number of likely N-dealkylation sites (tertiary alicyclic amines) is 1. The van der Waals surface area contributed by atoms with Crippen LogP contribution in [-0.2, 0) is 6.54 Å². The Kier molecular flexibility index (Phi) is 4.21. The summed E-state index contributed by atoms with van der Waals surface area (Å²) in [4.78, 5) is 2.52. The molecule has 1 aliphatic heterocycles. The SMILES string of the molecule is C[C@@H]1CCC[C@H](C)N1Cc1ccc(F)c(Br)c1. The van der Waals surface area contributed by atoms with E-state index in [2.05, 4.69) is 34.7 Å². The van der Waals surface area contributed by atoms with Crippen molar-refractivity contribution in [1.29, 1.82) is 0 Å². The van der Waals surface area contributed by atoms with Crippen LogP contribution in [0.15, 0.2) is 22.7 Å². The molecule has 1 aliphatic rings. The molecule has 0 unspecified atom stereocenters. The summed E-state index contributed by atoms with van der Waals surface area (Å²) in [5.41, 5.74) is 1.18. The van der Waals surface area contributed by atoms with Crippen LogP contribution in [0.4, 0.5) is 4.39 Å². The highest BCUT2D eigenvalue weighted by Crippen LogP contribution is 2.25. The molecule has 2 atom stereocenters. The van der Waals surface area contributed by atoms with E-state index < -0.39 is 0 Å². The summed E-state index contributed by atoms with van der Waals surface area (Å²) in [6, 6.07) is 6.57. The Morgan fingerprint density at radius 3 is 2.53 bits per heavy atom. The lowest BCUT2D eigenvalue weighted by Gasteiger charge is -2.39. The molecule has 0 N–H and O–H groups in total. The number of halogens is 2. The molecule has 0 bridgehead atoms. The Hall–Kier alpha value is -0.410. The highest BCUT2D eigenvalue weighted by Gasteiger charge is 2.24. The van der Waals surface area contributed by atoms with Crippen molar-refractivity contribution in [2.45, 2.75) is 51.7 Å². The number of benzene rings is 1. The Labute approximate surface area is 111 Å². The zero-order valence-electron chi connectivity index (χ0n) is 10.4. The predicted molar refractivity (Wildman–Crippen MR) is 72.4 cm³/mol. The van der Waals surface area contributed by atoms with E-state index in [-0.39, 0.29) is 5.82 Å². The second kappa shape index (κ2) is 5.49. The summed E-state index contributed by atoms with van der Waals surface area (Å²) < 4.78 is 13.7. The van der Waals surface area contributed by atoms with E-state index >= 15 is 0 Å². The number of piperidine rings is 1. The lowest BCUT2D eigenvalue weighted by atomic mass is 9.97. The van der Waals surface area contributed by atoms with Gasteiger partial charge in [0.05, 0.1) is 4.47 Å². The molecule has 0 aliphatic carbocycles. The molecule has 1 heterocycles. The first-order valence-corrected chi connectivity index (χ1v) is 7.07. The van der Waals surface area contributed by atoms with E-state index in [1.165, 1.54) is 24.8 Å². The molecular formula is C14H19BrFN. The zero-order valence-corrected chi connectivity index (χ0v) is 12.0. The van der Waals surface area contributed by atoms with Crippen LogP contribution in [-0.4, -0.2) is 17.0 Å². The summed E-state index contributed by atoms with van der Waals surface area (Å²) in [5.74, 6) is -0.187. The second-order valence-electron chi connectivity index (χ2n) is 5.05. The molecule has 1 saturated heterocycles. The van der Waals surface area contributed by atoms with Crippen LogP contribution in [0, 0.1) is 5.82 Å². The van der Waals surface area contributed by atoms with Crippen LogP contribution in [0.1, 0.15) is 38.7 Å². The molecular weight excluding hydrogens is 281 g/mol. The lowest BCUT2D eigenvalue weighted by molar-refractivity contribution is 0.0952. The number of hydrogen-bond acceptors (Lipinski definition) is 1. The molecule has 1 fully saturated rings. The molecule has 0 spiro atoms. The van der Waals surface area contributed by atoms with Crippen molar-refractivity contribution in [3.63, 3.8) is 0 Å². The molecule has 17 heavy (non-hydrogen) atoms. The third-order valence-electron chi connectivity index (χ3n) is 3.73. The minimum atomic E-state index is -0.187. The quantitative estimate of drug-likeness (QED) is 0.785. The van der Waals surface area contributed by atoms with Crippen molar-refractivity contribution in [3.8, 4) is 0 Å². The molecule has 0 radical (unpaired) electrons. The predicted octanol–water partition coefficient (Wildman–Crippen LogP) is 4.35. The maximum absolute atomic E-state index is 13.2. The third-order valence-corrected chi connectivity index (χ3v) is 4.33. The molecule has 0 saturated carbocycles. The van der Waals surface area contributed by atoms with Gasteiger partial charge in [-0.15, -0.1) is 0 Å². The molecule has 94 valence electrons. The van der Waals surface area contributed by atoms with Gasteiger partial charge in [0.1, 0.15) is 5.82 Å². The van der Waals surface area contributed by atoms with Gasteiger partial charge in [-0.1, -0.05) is 12.5 Å². The summed E-state index contributed by atoms with van der Waals surface area (Å²) in [5, 5.41) is 0. The fraction of sp³-hybridized carbons (Fsp3) is 0.571. The number of nitrogens with zero attached hydrogens (tertiary/aromatic N) is 1. The van der Waals surface area contributed by atoms with E-state index in [0.29, 0.717) is 16.6 Å². The largest absolute Gasteiger partial charge is 0.294 e. The molecule has 1 aromatic carbocycles. The second-order valence-corrected chi connectivity index (χ2v) is 5.90. The van der Waals surface area contributed by atoms with E-state index in [9.17, 15) is 4.39 Å². The van der Waals surface area contributed by atoms with Crippen LogP contribution < -0.4 is 0 Å². The van der Waals surface area contributed by atoms with E-state index in [1.807, 2.05) is 12.1 Å².